The fourth-order valence-corrected chi connectivity index (χ4v) is 5.08. The van der Waals surface area contributed by atoms with Crippen molar-refractivity contribution in [1.29, 1.82) is 0 Å². The van der Waals surface area contributed by atoms with Crippen LogP contribution in [-0.2, 0) is 0 Å². The molecular weight excluding hydrogens is 504 g/mol. The fraction of sp³-hybridized carbons (Fsp3) is 0.500. The van der Waals surface area contributed by atoms with Gasteiger partial charge in [-0.3, -0.25) is 14.2 Å². The van der Waals surface area contributed by atoms with E-state index in [1.165, 1.54) is 30.6 Å². The Kier molecular flexibility index (Phi) is 9.20. The molecule has 7 nitrogen and oxygen atoms in total. The van der Waals surface area contributed by atoms with E-state index < -0.39 is 17.7 Å². The topological polar surface area (TPSA) is 73.7 Å². The van der Waals surface area contributed by atoms with Crippen LogP contribution < -0.4 is 9.47 Å². The molecule has 2 heterocycles. The van der Waals surface area contributed by atoms with Gasteiger partial charge in [0.15, 0.2) is 0 Å². The van der Waals surface area contributed by atoms with Gasteiger partial charge in [0.1, 0.15) is 40.6 Å². The standard InChI is InChI=1S/C30H37F2N3O4/c1-5-6-7-8-9-10-11-12-27(36)35-19(2)33-29-23(35)15-20(30(37)34(3)4)16-26(29)39-24-13-14-38-25-18-21(31)17-22(32)28(24)25/h15-18,24H,5-14H2,1-4H3/t24-/m0/s1. The Hall–Kier alpha value is -3.49. The molecule has 1 aromatic heterocycles. The van der Waals surface area contributed by atoms with Gasteiger partial charge < -0.3 is 14.4 Å². The third-order valence-electron chi connectivity index (χ3n) is 7.07. The second-order valence-corrected chi connectivity index (χ2v) is 10.3. The Labute approximate surface area is 228 Å². The summed E-state index contributed by atoms with van der Waals surface area (Å²) in [5.74, 6) is -1.04. The summed E-state index contributed by atoms with van der Waals surface area (Å²) in [4.78, 5) is 32.3. The van der Waals surface area contributed by atoms with Gasteiger partial charge in [-0.25, -0.2) is 13.8 Å². The minimum atomic E-state index is -0.781. The maximum Gasteiger partial charge on any atom is 0.253 e. The zero-order valence-corrected chi connectivity index (χ0v) is 23.2. The number of halogens is 2. The number of hydrogen-bond donors (Lipinski definition) is 0. The molecule has 0 fully saturated rings. The van der Waals surface area contributed by atoms with Gasteiger partial charge in [-0.05, 0) is 25.5 Å². The normalized spacial score (nSPS) is 14.7. The Morgan fingerprint density at radius 3 is 2.51 bits per heavy atom. The molecule has 9 heteroatoms. The second kappa shape index (κ2) is 12.6. The largest absolute Gasteiger partial charge is 0.493 e. The molecule has 3 aromatic rings. The highest BCUT2D eigenvalue weighted by Gasteiger charge is 2.30. The van der Waals surface area contributed by atoms with E-state index in [1.807, 2.05) is 0 Å². The number of hydrogen-bond acceptors (Lipinski definition) is 5. The van der Waals surface area contributed by atoms with Crippen molar-refractivity contribution < 1.29 is 27.8 Å². The van der Waals surface area contributed by atoms with Gasteiger partial charge in [0.25, 0.3) is 5.91 Å². The molecule has 0 N–H and O–H groups in total. The highest BCUT2D eigenvalue weighted by atomic mass is 19.1. The van der Waals surface area contributed by atoms with E-state index in [4.69, 9.17) is 9.47 Å². The van der Waals surface area contributed by atoms with Crippen LogP contribution in [0.4, 0.5) is 8.78 Å². The van der Waals surface area contributed by atoms with Crippen molar-refractivity contribution in [2.75, 3.05) is 20.7 Å². The number of fused-ring (bicyclic) bond motifs is 2. The van der Waals surface area contributed by atoms with E-state index in [0.29, 0.717) is 35.3 Å². The molecule has 0 saturated heterocycles. The molecule has 4 rings (SSSR count). The predicted molar refractivity (Wildman–Crippen MR) is 146 cm³/mol. The van der Waals surface area contributed by atoms with Gasteiger partial charge in [0.2, 0.25) is 5.91 Å². The van der Waals surface area contributed by atoms with Crippen molar-refractivity contribution in [2.24, 2.45) is 0 Å². The van der Waals surface area contributed by atoms with E-state index in [1.54, 1.807) is 37.7 Å². The Bertz CT molecular complexity index is 1350. The number of amides is 1. The van der Waals surface area contributed by atoms with Gasteiger partial charge in [-0.2, -0.15) is 0 Å². The van der Waals surface area contributed by atoms with E-state index in [-0.39, 0.29) is 35.5 Å². The zero-order valence-electron chi connectivity index (χ0n) is 23.2. The molecule has 0 unspecified atom stereocenters. The van der Waals surface area contributed by atoms with Gasteiger partial charge in [0.05, 0.1) is 17.7 Å². The van der Waals surface area contributed by atoms with Crippen LogP contribution in [-0.4, -0.2) is 47.0 Å². The second-order valence-electron chi connectivity index (χ2n) is 10.3. The lowest BCUT2D eigenvalue weighted by Gasteiger charge is -2.27. The minimum Gasteiger partial charge on any atom is -0.493 e. The Balaban J connectivity index is 1.66. The lowest BCUT2D eigenvalue weighted by Crippen LogP contribution is -2.23. The van der Waals surface area contributed by atoms with Gasteiger partial charge in [-0.15, -0.1) is 0 Å². The smallest absolute Gasteiger partial charge is 0.253 e. The first-order chi connectivity index (χ1) is 18.7. The molecule has 0 bridgehead atoms. The van der Waals surface area contributed by atoms with Gasteiger partial charge in [-0.1, -0.05) is 45.4 Å². The SMILES string of the molecule is CCCCCCCCCC(=O)n1c(C)nc2c(O[C@H]3CCOc4cc(F)cc(F)c43)cc(C(=O)N(C)C)cc21. The van der Waals surface area contributed by atoms with Crippen LogP contribution in [0.15, 0.2) is 24.3 Å². The van der Waals surface area contributed by atoms with Crippen LogP contribution in [0.1, 0.15) is 97.4 Å². The molecule has 1 atom stereocenters. The maximum atomic E-state index is 14.8. The maximum absolute atomic E-state index is 14.8. The average molecular weight is 542 g/mol. The number of aryl methyl sites for hydroxylation is 1. The molecule has 0 radical (unpaired) electrons. The molecule has 1 aliphatic rings. The number of aromatic nitrogens is 2. The summed E-state index contributed by atoms with van der Waals surface area (Å²) >= 11 is 0. The number of benzene rings is 2. The first kappa shape index (κ1) is 28.5. The molecular formula is C30H37F2N3O4. The first-order valence-electron chi connectivity index (χ1n) is 13.8. The van der Waals surface area contributed by atoms with Crippen molar-refractivity contribution in [3.8, 4) is 11.5 Å². The first-order valence-corrected chi connectivity index (χ1v) is 13.8. The van der Waals surface area contributed by atoms with Crippen LogP contribution in [0.2, 0.25) is 0 Å². The number of rotatable bonds is 11. The van der Waals surface area contributed by atoms with E-state index >= 15 is 0 Å². The van der Waals surface area contributed by atoms with Crippen molar-refractivity contribution >= 4 is 22.8 Å². The van der Waals surface area contributed by atoms with Crippen LogP contribution >= 0.6 is 0 Å². The van der Waals surface area contributed by atoms with Crippen molar-refractivity contribution in [2.45, 2.75) is 77.7 Å². The third-order valence-corrected chi connectivity index (χ3v) is 7.07. The summed E-state index contributed by atoms with van der Waals surface area (Å²) in [5.41, 5.74) is 1.31. The number of imidazole rings is 1. The van der Waals surface area contributed by atoms with E-state index in [0.717, 1.165) is 31.4 Å². The van der Waals surface area contributed by atoms with Gasteiger partial charge in [0, 0.05) is 44.6 Å². The summed E-state index contributed by atoms with van der Waals surface area (Å²) in [5, 5.41) is 0. The van der Waals surface area contributed by atoms with Crippen LogP contribution in [0, 0.1) is 18.6 Å². The van der Waals surface area contributed by atoms with Crippen molar-refractivity contribution in [3.05, 3.63) is 52.9 Å². The lowest BCUT2D eigenvalue weighted by molar-refractivity contribution is 0.0824. The van der Waals surface area contributed by atoms with Crippen molar-refractivity contribution in [3.63, 3.8) is 0 Å². The minimum absolute atomic E-state index is 0.0899. The fourth-order valence-electron chi connectivity index (χ4n) is 5.08. The van der Waals surface area contributed by atoms with Crippen LogP contribution in [0.3, 0.4) is 0 Å². The summed E-state index contributed by atoms with van der Waals surface area (Å²) in [7, 11) is 3.28. The summed E-state index contributed by atoms with van der Waals surface area (Å²) < 4.78 is 41.9. The van der Waals surface area contributed by atoms with E-state index in [9.17, 15) is 18.4 Å². The molecule has 39 heavy (non-hydrogen) atoms. The highest BCUT2D eigenvalue weighted by Crippen LogP contribution is 2.40. The van der Waals surface area contributed by atoms with Crippen LogP contribution in [0.25, 0.3) is 11.0 Å². The predicted octanol–water partition coefficient (Wildman–Crippen LogP) is 7.01. The lowest BCUT2D eigenvalue weighted by atomic mass is 10.0. The molecule has 0 saturated carbocycles. The van der Waals surface area contributed by atoms with Crippen LogP contribution in [0.5, 0.6) is 11.5 Å². The summed E-state index contributed by atoms with van der Waals surface area (Å²) in [6, 6.07) is 5.16. The summed E-state index contributed by atoms with van der Waals surface area (Å²) in [6.45, 7) is 4.14. The molecule has 210 valence electrons. The quantitative estimate of drug-likeness (QED) is 0.244. The number of carbonyl (C=O) groups is 2. The number of carbonyl (C=O) groups excluding carboxylic acids is 2. The Morgan fingerprint density at radius 2 is 1.79 bits per heavy atom. The molecule has 0 spiro atoms. The highest BCUT2D eigenvalue weighted by molar-refractivity contribution is 6.01. The van der Waals surface area contributed by atoms with Crippen molar-refractivity contribution in [1.82, 2.24) is 14.5 Å². The monoisotopic (exact) mass is 541 g/mol. The third kappa shape index (κ3) is 6.40. The molecule has 0 aliphatic carbocycles. The number of unbranched alkanes of at least 4 members (excludes halogenated alkanes) is 6. The number of ether oxygens (including phenoxy) is 2. The van der Waals surface area contributed by atoms with Gasteiger partial charge >= 0.3 is 0 Å². The molecule has 1 amide bonds. The molecule has 1 aliphatic heterocycles. The summed E-state index contributed by atoms with van der Waals surface area (Å²) in [6.07, 6.45) is 7.59. The number of nitrogens with zero attached hydrogens (tertiary/aromatic N) is 3. The average Bonchev–Trinajstić information content (AvgIpc) is 3.23. The Morgan fingerprint density at radius 1 is 1.08 bits per heavy atom. The van der Waals surface area contributed by atoms with E-state index in [2.05, 4.69) is 11.9 Å². The zero-order chi connectivity index (χ0) is 28.1. The molecule has 2 aromatic carbocycles.